The Hall–Kier alpha value is -7.42. The number of aryl methyl sites for hydroxylation is 2. The van der Waals surface area contributed by atoms with Gasteiger partial charge in [-0.05, 0) is 181 Å². The van der Waals surface area contributed by atoms with E-state index in [2.05, 4.69) is 299 Å². The Kier molecular flexibility index (Phi) is 12.7. The predicted molar refractivity (Wildman–Crippen MR) is 315 cm³/mol. The third-order valence-electron chi connectivity index (χ3n) is 15.3. The van der Waals surface area contributed by atoms with Crippen LogP contribution < -0.4 is 9.80 Å². The Balaban J connectivity index is 1.12. The van der Waals surface area contributed by atoms with E-state index < -0.39 is 0 Å². The summed E-state index contributed by atoms with van der Waals surface area (Å²) in [6.45, 7) is 28.1. The van der Waals surface area contributed by atoms with Crippen molar-refractivity contribution in [1.82, 2.24) is 0 Å². The van der Waals surface area contributed by atoms with E-state index in [0.29, 0.717) is 0 Å². The van der Waals surface area contributed by atoms with Crippen molar-refractivity contribution < 1.29 is 0 Å². The van der Waals surface area contributed by atoms with Gasteiger partial charge < -0.3 is 9.80 Å². The molecule has 8 aliphatic rings. The first kappa shape index (κ1) is 49.2. The van der Waals surface area contributed by atoms with Gasteiger partial charge in [0.25, 0.3) is 0 Å². The van der Waals surface area contributed by atoms with Gasteiger partial charge in [0.1, 0.15) is 0 Å². The number of nitrogens with zero attached hydrogens (tertiary/aromatic N) is 2. The third-order valence-corrected chi connectivity index (χ3v) is 15.3. The molecule has 0 saturated heterocycles. The molecule has 9 aromatic carbocycles. The van der Waals surface area contributed by atoms with Gasteiger partial charge in [0, 0.05) is 34.1 Å². The van der Waals surface area contributed by atoms with Gasteiger partial charge in [-0.3, -0.25) is 0 Å². The van der Waals surface area contributed by atoms with Gasteiger partial charge >= 0.3 is 0 Å². The third kappa shape index (κ3) is 10.3. The molecule has 0 N–H and O–H groups in total. The zero-order valence-corrected chi connectivity index (χ0v) is 45.2. The molecule has 2 nitrogen and oxygen atoms in total. The van der Waals surface area contributed by atoms with Crippen LogP contribution in [0, 0.1) is 13.8 Å². The van der Waals surface area contributed by atoms with Crippen molar-refractivity contribution in [3.8, 4) is 44.5 Å². The second-order valence-electron chi connectivity index (χ2n) is 24.1. The summed E-state index contributed by atoms with van der Waals surface area (Å²) in [6.07, 6.45) is 0.983. The minimum atomic E-state index is -0.124. The molecule has 73 heavy (non-hydrogen) atoms. The van der Waals surface area contributed by atoms with Crippen LogP contribution in [-0.2, 0) is 21.7 Å². The minimum Gasteiger partial charge on any atom is -0.311 e. The van der Waals surface area contributed by atoms with Crippen LogP contribution in [0.4, 0.5) is 34.1 Å². The lowest BCUT2D eigenvalue weighted by molar-refractivity contribution is 0.348. The number of hydrogen-bond donors (Lipinski definition) is 0. The van der Waals surface area contributed by atoms with Gasteiger partial charge in [0.05, 0.1) is 0 Å². The van der Waals surface area contributed by atoms with Gasteiger partial charge in [-0.15, -0.1) is 0 Å². The lowest BCUT2D eigenvalue weighted by atomic mass is 9.66. The lowest BCUT2D eigenvalue weighted by Gasteiger charge is -2.38. The summed E-state index contributed by atoms with van der Waals surface area (Å²) in [6, 6.07) is 77.9. The fourth-order valence-electron chi connectivity index (χ4n) is 10.9. The summed E-state index contributed by atoms with van der Waals surface area (Å²) in [5.41, 5.74) is 24.1. The van der Waals surface area contributed by atoms with E-state index in [-0.39, 0.29) is 21.7 Å². The smallest absolute Gasteiger partial charge is 0.0463 e. The van der Waals surface area contributed by atoms with Crippen LogP contribution in [0.15, 0.2) is 206 Å². The Morgan fingerprint density at radius 2 is 0.507 bits per heavy atom. The van der Waals surface area contributed by atoms with Crippen molar-refractivity contribution in [2.24, 2.45) is 0 Å². The Labute approximate surface area is 437 Å². The average molecular weight is 953 g/mol. The summed E-state index contributed by atoms with van der Waals surface area (Å²) in [7, 11) is 0. The van der Waals surface area contributed by atoms with Gasteiger partial charge in [-0.25, -0.2) is 0 Å². The Morgan fingerprint density at radius 1 is 0.288 bits per heavy atom. The lowest BCUT2D eigenvalue weighted by Crippen LogP contribution is -2.30. The zero-order valence-electron chi connectivity index (χ0n) is 45.2. The molecule has 0 radical (unpaired) electrons. The van der Waals surface area contributed by atoms with Crippen LogP contribution >= 0.6 is 0 Å². The molecule has 17 rings (SSSR count). The first-order chi connectivity index (χ1) is 34.7. The highest BCUT2D eigenvalue weighted by Gasteiger charge is 2.34. The number of benzene rings is 9. The summed E-state index contributed by atoms with van der Waals surface area (Å²) < 4.78 is 0. The predicted octanol–water partition coefficient (Wildman–Crippen LogP) is 20.5. The van der Waals surface area contributed by atoms with Gasteiger partial charge in [-0.2, -0.15) is 0 Å². The largest absolute Gasteiger partial charge is 0.311 e. The van der Waals surface area contributed by atoms with Crippen LogP contribution in [0.1, 0.15) is 109 Å². The molecule has 366 valence electrons. The highest BCUT2D eigenvalue weighted by atomic mass is 15.2. The van der Waals surface area contributed by atoms with Crippen LogP contribution in [0.25, 0.3) is 44.5 Å². The molecule has 8 heterocycles. The molecule has 0 aromatic heterocycles. The molecular weight excluding hydrogens is 881 g/mol. The van der Waals surface area contributed by atoms with E-state index >= 15 is 0 Å². The van der Waals surface area contributed by atoms with Gasteiger partial charge in [0.15, 0.2) is 0 Å². The molecular formula is C71H72N2. The van der Waals surface area contributed by atoms with Crippen molar-refractivity contribution in [2.75, 3.05) is 9.80 Å². The minimum absolute atomic E-state index is 0.0144. The molecule has 9 aromatic rings. The van der Waals surface area contributed by atoms with Crippen molar-refractivity contribution in [3.63, 3.8) is 0 Å². The Morgan fingerprint density at radius 3 is 0.767 bits per heavy atom. The molecule has 0 spiro atoms. The zero-order chi connectivity index (χ0) is 51.5. The van der Waals surface area contributed by atoms with Crippen molar-refractivity contribution in [2.45, 2.75) is 111 Å². The van der Waals surface area contributed by atoms with Crippen LogP contribution in [0.2, 0.25) is 0 Å². The maximum Gasteiger partial charge on any atom is 0.0463 e. The highest BCUT2D eigenvalue weighted by molar-refractivity contribution is 5.83. The highest BCUT2D eigenvalue weighted by Crippen LogP contribution is 2.45. The first-order valence-electron chi connectivity index (χ1n) is 26.3. The van der Waals surface area contributed by atoms with E-state index in [1.165, 1.54) is 77.9 Å². The summed E-state index contributed by atoms with van der Waals surface area (Å²) in [5, 5.41) is 0. The molecule has 8 aliphatic heterocycles. The number of anilines is 6. The topological polar surface area (TPSA) is 6.48 Å². The molecule has 0 amide bonds. The van der Waals surface area contributed by atoms with Crippen LogP contribution in [0.5, 0.6) is 0 Å². The quantitative estimate of drug-likeness (QED) is 0.170. The van der Waals surface area contributed by atoms with Gasteiger partial charge in [0.2, 0.25) is 0 Å². The van der Waals surface area contributed by atoms with Crippen LogP contribution in [-0.4, -0.2) is 0 Å². The van der Waals surface area contributed by atoms with Gasteiger partial charge in [-0.1, -0.05) is 214 Å². The molecule has 0 atom stereocenters. The SMILES string of the molecule is Cc1ccc(N2c3ccc(cc3)-c3ccc(cc3)-c3cc(C(C)(C)C)cc(c3)C(C)(C)CC(C)(C)c3cc(cc(C(C)(C)C)c3)-c3ccc(cc3)-c3ccc(cc3)N(c3ccc(C)cc3)c3ccc2cc3)cc1. The second kappa shape index (κ2) is 18.9. The standard InChI is InChI=1S/C71H72N2/c1-48-13-29-62(30-14-48)72-64-33-25-52(26-34-64)50-17-21-54(22-18-50)56-41-58(68(3,4)5)45-60(43-56)70(9,10)47-71(11,12)61-44-57(42-59(46-61)69(6,7)8)55-23-19-51(20-24-55)53-27-35-65(36-28-53)73(63-31-15-49(2)16-32-63)67-39-37-66(72)38-40-67/h13-46H,47H2,1-12H3. The molecule has 2 heteroatoms. The summed E-state index contributed by atoms with van der Waals surface area (Å²) in [4.78, 5) is 4.71. The second-order valence-corrected chi connectivity index (χ2v) is 24.1. The number of fused-ring (bicyclic) bond motifs is 1. The molecule has 0 aliphatic carbocycles. The molecule has 14 bridgehead atoms. The maximum atomic E-state index is 2.49. The Bertz CT molecular complexity index is 3150. The van der Waals surface area contributed by atoms with E-state index in [1.54, 1.807) is 0 Å². The van der Waals surface area contributed by atoms with E-state index in [9.17, 15) is 0 Å². The number of rotatable bonds is 2. The fraction of sp³-hybridized carbons (Fsp3) is 0.239. The molecule has 0 saturated carbocycles. The van der Waals surface area contributed by atoms with Crippen LogP contribution in [0.3, 0.4) is 0 Å². The summed E-state index contributed by atoms with van der Waals surface area (Å²) >= 11 is 0. The first-order valence-corrected chi connectivity index (χ1v) is 26.3. The van der Waals surface area contributed by atoms with E-state index in [4.69, 9.17) is 0 Å². The van der Waals surface area contributed by atoms with Crippen molar-refractivity contribution in [1.29, 1.82) is 0 Å². The molecule has 0 unspecified atom stereocenters. The molecule has 0 fully saturated rings. The monoisotopic (exact) mass is 953 g/mol. The van der Waals surface area contributed by atoms with Crippen molar-refractivity contribution >= 4 is 34.1 Å². The van der Waals surface area contributed by atoms with Crippen molar-refractivity contribution in [3.05, 3.63) is 240 Å². The number of hydrogen-bond acceptors (Lipinski definition) is 2. The summed E-state index contributed by atoms with van der Waals surface area (Å²) in [5.74, 6) is 0. The normalized spacial score (nSPS) is 14.4. The van der Waals surface area contributed by atoms with E-state index in [0.717, 1.165) is 40.5 Å². The average Bonchev–Trinajstić information content (AvgIpc) is 3.37. The fourth-order valence-corrected chi connectivity index (χ4v) is 10.9. The maximum absolute atomic E-state index is 2.49. The van der Waals surface area contributed by atoms with E-state index in [1.807, 2.05) is 0 Å².